The molecule has 0 bridgehead atoms. The number of carbonyl (C=O) groups is 1. The third-order valence-corrected chi connectivity index (χ3v) is 5.45. The lowest BCUT2D eigenvalue weighted by atomic mass is 10.1. The van der Waals surface area contributed by atoms with Crippen LogP contribution in [0.5, 0.6) is 0 Å². The van der Waals surface area contributed by atoms with E-state index >= 15 is 0 Å². The summed E-state index contributed by atoms with van der Waals surface area (Å²) in [5.41, 5.74) is 2.32. The highest BCUT2D eigenvalue weighted by atomic mass is 32.2. The van der Waals surface area contributed by atoms with Gasteiger partial charge < -0.3 is 9.80 Å². The van der Waals surface area contributed by atoms with Crippen molar-refractivity contribution in [1.82, 2.24) is 4.90 Å². The van der Waals surface area contributed by atoms with Crippen LogP contribution in [0.3, 0.4) is 0 Å². The predicted molar refractivity (Wildman–Crippen MR) is 91.3 cm³/mol. The highest BCUT2D eigenvalue weighted by Gasteiger charge is 2.28. The maximum Gasteiger partial charge on any atom is 0.243 e. The number of sulfonamides is 1. The summed E-state index contributed by atoms with van der Waals surface area (Å²) in [5, 5.41) is 0. The number of para-hydroxylation sites is 1. The van der Waals surface area contributed by atoms with Crippen molar-refractivity contribution in [2.45, 2.75) is 13.8 Å². The van der Waals surface area contributed by atoms with Crippen LogP contribution in [-0.4, -0.2) is 65.3 Å². The first-order valence-electron chi connectivity index (χ1n) is 7.83. The normalized spacial score (nSPS) is 16.4. The zero-order chi connectivity index (χ0) is 17.2. The zero-order valence-electron chi connectivity index (χ0n) is 14.3. The number of hydrogen-bond acceptors (Lipinski definition) is 3. The molecule has 1 aliphatic heterocycles. The van der Waals surface area contributed by atoms with Crippen molar-refractivity contribution in [2.75, 3.05) is 50.3 Å². The number of piperazine rings is 1. The van der Waals surface area contributed by atoms with Gasteiger partial charge in [0.25, 0.3) is 0 Å². The Labute approximate surface area is 138 Å². The first-order chi connectivity index (χ1) is 10.7. The fraction of sp³-hybridized carbons (Fsp3) is 0.562. The van der Waals surface area contributed by atoms with Crippen molar-refractivity contribution in [3.8, 4) is 0 Å². The van der Waals surface area contributed by atoms with Gasteiger partial charge in [-0.3, -0.25) is 9.10 Å². The average molecular weight is 340 g/mol. The summed E-state index contributed by atoms with van der Waals surface area (Å²) in [6, 6.07) is 5.62. The molecule has 0 radical (unpaired) electrons. The van der Waals surface area contributed by atoms with Crippen molar-refractivity contribution < 1.29 is 18.1 Å². The van der Waals surface area contributed by atoms with Gasteiger partial charge in [-0.05, 0) is 25.0 Å². The Morgan fingerprint density at radius 3 is 2.22 bits per heavy atom. The van der Waals surface area contributed by atoms with E-state index in [4.69, 9.17) is 0 Å². The summed E-state index contributed by atoms with van der Waals surface area (Å²) in [7, 11) is -1.43. The molecule has 1 aromatic rings. The van der Waals surface area contributed by atoms with Crippen molar-refractivity contribution in [3.05, 3.63) is 29.3 Å². The molecule has 1 heterocycles. The molecular formula is C16H26N3O3S+. The van der Waals surface area contributed by atoms with E-state index in [1.807, 2.05) is 32.0 Å². The molecule has 1 saturated heterocycles. The summed E-state index contributed by atoms with van der Waals surface area (Å²) in [4.78, 5) is 15.7. The number of benzene rings is 1. The Bertz CT molecular complexity index is 660. The van der Waals surface area contributed by atoms with Gasteiger partial charge in [0.2, 0.25) is 15.9 Å². The summed E-state index contributed by atoms with van der Waals surface area (Å²) in [6.45, 7) is 6.74. The number of nitrogens with zero attached hydrogens (tertiary/aromatic N) is 2. The van der Waals surface area contributed by atoms with Crippen LogP contribution in [0.25, 0.3) is 0 Å². The molecule has 1 N–H and O–H groups in total. The van der Waals surface area contributed by atoms with Gasteiger partial charge in [-0.15, -0.1) is 0 Å². The molecule has 2 rings (SSSR count). The van der Waals surface area contributed by atoms with Crippen LogP contribution in [0.1, 0.15) is 11.1 Å². The van der Waals surface area contributed by atoms with Crippen molar-refractivity contribution in [3.63, 3.8) is 0 Å². The molecule has 0 saturated carbocycles. The number of anilines is 1. The topological polar surface area (TPSA) is 62.1 Å². The molecule has 1 aliphatic rings. The van der Waals surface area contributed by atoms with Gasteiger partial charge >= 0.3 is 0 Å². The second-order valence-corrected chi connectivity index (χ2v) is 8.25. The molecule has 1 amide bonds. The quantitative estimate of drug-likeness (QED) is 0.798. The molecule has 23 heavy (non-hydrogen) atoms. The lowest BCUT2D eigenvalue weighted by Gasteiger charge is -2.32. The molecule has 1 fully saturated rings. The van der Waals surface area contributed by atoms with Gasteiger partial charge in [0.1, 0.15) is 6.54 Å². The van der Waals surface area contributed by atoms with Crippen LogP contribution in [0, 0.1) is 13.8 Å². The van der Waals surface area contributed by atoms with E-state index < -0.39 is 10.0 Å². The van der Waals surface area contributed by atoms with Crippen molar-refractivity contribution in [1.29, 1.82) is 0 Å². The van der Waals surface area contributed by atoms with Gasteiger partial charge in [0.05, 0.1) is 45.2 Å². The van der Waals surface area contributed by atoms with Gasteiger partial charge in [-0.1, -0.05) is 18.2 Å². The van der Waals surface area contributed by atoms with Crippen molar-refractivity contribution >= 4 is 21.6 Å². The van der Waals surface area contributed by atoms with Crippen LogP contribution < -0.4 is 9.21 Å². The van der Waals surface area contributed by atoms with Crippen LogP contribution in [0.15, 0.2) is 18.2 Å². The number of hydrogen-bond donors (Lipinski definition) is 1. The smallest absolute Gasteiger partial charge is 0.243 e. The maximum absolute atomic E-state index is 12.6. The van der Waals surface area contributed by atoms with Crippen molar-refractivity contribution in [2.24, 2.45) is 0 Å². The van der Waals surface area contributed by atoms with E-state index in [-0.39, 0.29) is 12.5 Å². The number of quaternary nitrogens is 1. The highest BCUT2D eigenvalue weighted by molar-refractivity contribution is 7.92. The standard InChI is InChI=1S/C16H25N3O3S/c1-13-6-5-7-14(2)16(13)19(23(4,21)22)12-15(20)18-10-8-17(3)9-11-18/h5-7H,8-12H2,1-4H3/p+1. The van der Waals surface area contributed by atoms with Gasteiger partial charge in [-0.2, -0.15) is 0 Å². The third kappa shape index (κ3) is 4.23. The summed E-state index contributed by atoms with van der Waals surface area (Å²) < 4.78 is 25.8. The molecule has 128 valence electrons. The van der Waals surface area contributed by atoms with Crippen LogP contribution in [0.4, 0.5) is 5.69 Å². The Hall–Kier alpha value is -1.60. The SMILES string of the molecule is Cc1cccc(C)c1N(CC(=O)N1CC[NH+](C)CC1)S(C)(=O)=O. The Kier molecular flexibility index (Phi) is 5.31. The van der Waals surface area contributed by atoms with E-state index in [1.165, 1.54) is 9.21 Å². The molecular weight excluding hydrogens is 314 g/mol. The Balaban J connectivity index is 2.26. The fourth-order valence-electron chi connectivity index (χ4n) is 2.92. The van der Waals surface area contributed by atoms with E-state index in [0.717, 1.165) is 30.5 Å². The molecule has 0 aliphatic carbocycles. The number of rotatable bonds is 4. The lowest BCUT2D eigenvalue weighted by Crippen LogP contribution is -3.12. The monoisotopic (exact) mass is 340 g/mol. The Morgan fingerprint density at radius 2 is 1.74 bits per heavy atom. The predicted octanol–water partition coefficient (Wildman–Crippen LogP) is -0.574. The molecule has 0 aromatic heterocycles. The lowest BCUT2D eigenvalue weighted by molar-refractivity contribution is -0.883. The molecule has 0 spiro atoms. The van der Waals surface area contributed by atoms with Crippen LogP contribution >= 0.6 is 0 Å². The molecule has 0 unspecified atom stereocenters. The average Bonchev–Trinajstić information content (AvgIpc) is 2.45. The summed E-state index contributed by atoms with van der Waals surface area (Å²) in [5.74, 6) is -0.134. The minimum Gasteiger partial charge on any atom is -0.334 e. The summed E-state index contributed by atoms with van der Waals surface area (Å²) in [6.07, 6.45) is 1.15. The largest absolute Gasteiger partial charge is 0.334 e. The molecule has 6 nitrogen and oxygen atoms in total. The second kappa shape index (κ2) is 6.88. The number of amides is 1. The second-order valence-electron chi connectivity index (χ2n) is 6.35. The van der Waals surface area contributed by atoms with Crippen LogP contribution in [0.2, 0.25) is 0 Å². The van der Waals surface area contributed by atoms with Gasteiger partial charge in [0, 0.05) is 0 Å². The minimum absolute atomic E-state index is 0.134. The van der Waals surface area contributed by atoms with E-state index in [1.54, 1.807) is 4.90 Å². The number of carbonyl (C=O) groups excluding carboxylic acids is 1. The van der Waals surface area contributed by atoms with Gasteiger partial charge in [0.15, 0.2) is 0 Å². The first-order valence-corrected chi connectivity index (χ1v) is 9.68. The molecule has 1 aromatic carbocycles. The molecule has 0 atom stereocenters. The fourth-order valence-corrected chi connectivity index (χ4v) is 3.89. The number of aryl methyl sites for hydroxylation is 2. The number of likely N-dealkylation sites (N-methyl/N-ethyl adjacent to an activating group) is 1. The maximum atomic E-state index is 12.6. The molecule has 7 heteroatoms. The third-order valence-electron chi connectivity index (χ3n) is 4.34. The van der Waals surface area contributed by atoms with E-state index in [0.29, 0.717) is 18.8 Å². The van der Waals surface area contributed by atoms with E-state index in [2.05, 4.69) is 7.05 Å². The Morgan fingerprint density at radius 1 is 1.22 bits per heavy atom. The number of nitrogens with one attached hydrogen (secondary N) is 1. The van der Waals surface area contributed by atoms with Gasteiger partial charge in [-0.25, -0.2) is 8.42 Å². The first kappa shape index (κ1) is 17.7. The summed E-state index contributed by atoms with van der Waals surface area (Å²) >= 11 is 0. The van der Waals surface area contributed by atoms with E-state index in [9.17, 15) is 13.2 Å². The zero-order valence-corrected chi connectivity index (χ0v) is 15.1. The van der Waals surface area contributed by atoms with Crippen LogP contribution in [-0.2, 0) is 14.8 Å². The highest BCUT2D eigenvalue weighted by Crippen LogP contribution is 2.26. The minimum atomic E-state index is -3.53.